The molecule has 0 amide bonds. The molecule has 0 saturated carbocycles. The van der Waals surface area contributed by atoms with Gasteiger partial charge >= 0.3 is 11.9 Å². The van der Waals surface area contributed by atoms with E-state index in [1.54, 1.807) is 7.11 Å². The number of methoxy groups -OCH3 is 1. The smallest absolute Gasteiger partial charge is 0.331 e. The fraction of sp³-hybridized carbons (Fsp3) is 0.545. The third-order valence-electron chi connectivity index (χ3n) is 1.79. The first-order valence-electron chi connectivity index (χ1n) is 5.14. The van der Waals surface area contributed by atoms with Gasteiger partial charge in [-0.05, 0) is 12.8 Å². The van der Waals surface area contributed by atoms with Crippen LogP contribution in [0, 0.1) is 0 Å². The van der Waals surface area contributed by atoms with E-state index in [-0.39, 0.29) is 12.4 Å². The molecule has 1 N–H and O–H groups in total. The second-order valence-electron chi connectivity index (χ2n) is 3.27. The third kappa shape index (κ3) is 10.6. The van der Waals surface area contributed by atoms with Crippen LogP contribution in [0.15, 0.2) is 12.2 Å². The zero-order valence-corrected chi connectivity index (χ0v) is 9.68. The monoisotopic (exact) mass is 244 g/mol. The lowest BCUT2D eigenvalue weighted by Gasteiger charge is -2.01. The number of ether oxygens (including phenoxy) is 2. The SMILES string of the molecule is COCCCCC(=O)COC(=O)/C=C/C(=O)O. The zero-order valence-electron chi connectivity index (χ0n) is 9.68. The van der Waals surface area contributed by atoms with Crippen molar-refractivity contribution in [1.29, 1.82) is 0 Å². The van der Waals surface area contributed by atoms with Crippen molar-refractivity contribution in [3.8, 4) is 0 Å². The lowest BCUT2D eigenvalue weighted by molar-refractivity contribution is -0.143. The standard InChI is InChI=1S/C11H16O6/c1-16-7-3-2-4-9(12)8-17-11(15)6-5-10(13)14/h5-6H,2-4,7-8H2,1H3,(H,13,14)/b6-5+. The van der Waals surface area contributed by atoms with Crippen LogP contribution in [0.1, 0.15) is 19.3 Å². The van der Waals surface area contributed by atoms with Crippen molar-refractivity contribution in [2.24, 2.45) is 0 Å². The van der Waals surface area contributed by atoms with E-state index in [4.69, 9.17) is 9.84 Å². The molecule has 0 aromatic carbocycles. The van der Waals surface area contributed by atoms with Crippen LogP contribution in [0.25, 0.3) is 0 Å². The van der Waals surface area contributed by atoms with Gasteiger partial charge in [0.05, 0.1) is 0 Å². The van der Waals surface area contributed by atoms with Crippen LogP contribution in [0.3, 0.4) is 0 Å². The summed E-state index contributed by atoms with van der Waals surface area (Å²) in [5.74, 6) is -2.27. The fourth-order valence-corrected chi connectivity index (χ4v) is 0.980. The lowest BCUT2D eigenvalue weighted by atomic mass is 10.2. The van der Waals surface area contributed by atoms with Gasteiger partial charge in [-0.3, -0.25) is 4.79 Å². The van der Waals surface area contributed by atoms with Crippen LogP contribution in [0.2, 0.25) is 0 Å². The number of hydrogen-bond acceptors (Lipinski definition) is 5. The number of ketones is 1. The van der Waals surface area contributed by atoms with Crippen molar-refractivity contribution < 1.29 is 29.0 Å². The van der Waals surface area contributed by atoms with Crippen LogP contribution < -0.4 is 0 Å². The number of carbonyl (C=O) groups is 3. The van der Waals surface area contributed by atoms with Crippen molar-refractivity contribution in [2.75, 3.05) is 20.3 Å². The zero-order chi connectivity index (χ0) is 13.1. The molecule has 0 aromatic rings. The van der Waals surface area contributed by atoms with Gasteiger partial charge in [-0.2, -0.15) is 0 Å². The Kier molecular flexibility index (Phi) is 8.58. The first-order valence-corrected chi connectivity index (χ1v) is 5.14. The molecule has 0 fully saturated rings. The number of aliphatic carboxylic acids is 1. The molecule has 6 heteroatoms. The van der Waals surface area contributed by atoms with Crippen LogP contribution in [-0.2, 0) is 23.9 Å². The van der Waals surface area contributed by atoms with E-state index in [9.17, 15) is 14.4 Å². The summed E-state index contributed by atoms with van der Waals surface area (Å²) >= 11 is 0. The summed E-state index contributed by atoms with van der Waals surface area (Å²) in [5, 5.41) is 8.23. The van der Waals surface area contributed by atoms with Gasteiger partial charge in [0, 0.05) is 32.3 Å². The van der Waals surface area contributed by atoms with Gasteiger partial charge in [-0.25, -0.2) is 9.59 Å². The number of hydrogen-bond donors (Lipinski definition) is 1. The second-order valence-corrected chi connectivity index (χ2v) is 3.27. The van der Waals surface area contributed by atoms with E-state index in [1.165, 1.54) is 0 Å². The first kappa shape index (κ1) is 15.3. The number of carbonyl (C=O) groups excluding carboxylic acids is 2. The summed E-state index contributed by atoms with van der Waals surface area (Å²) in [5.41, 5.74) is 0. The molecule has 0 aliphatic rings. The van der Waals surface area contributed by atoms with Gasteiger partial charge in [0.15, 0.2) is 5.78 Å². The molecule has 17 heavy (non-hydrogen) atoms. The summed E-state index contributed by atoms with van der Waals surface area (Å²) in [4.78, 5) is 32.1. The van der Waals surface area contributed by atoms with E-state index >= 15 is 0 Å². The predicted octanol–water partition coefficient (Wildman–Crippen LogP) is 0.556. The van der Waals surface area contributed by atoms with E-state index < -0.39 is 11.9 Å². The Hall–Kier alpha value is -1.69. The molecule has 0 bridgehead atoms. The Balaban J connectivity index is 3.62. The van der Waals surface area contributed by atoms with Crippen molar-refractivity contribution in [3.63, 3.8) is 0 Å². The highest BCUT2D eigenvalue weighted by Gasteiger charge is 2.05. The fourth-order valence-electron chi connectivity index (χ4n) is 0.980. The van der Waals surface area contributed by atoms with Crippen molar-refractivity contribution in [3.05, 3.63) is 12.2 Å². The minimum atomic E-state index is -1.24. The van der Waals surface area contributed by atoms with E-state index in [0.717, 1.165) is 12.5 Å². The predicted molar refractivity (Wildman–Crippen MR) is 58.5 cm³/mol. The average Bonchev–Trinajstić information content (AvgIpc) is 2.29. The van der Waals surface area contributed by atoms with Gasteiger partial charge < -0.3 is 14.6 Å². The maximum Gasteiger partial charge on any atom is 0.331 e. The van der Waals surface area contributed by atoms with E-state index in [1.807, 2.05) is 0 Å². The van der Waals surface area contributed by atoms with Gasteiger partial charge in [0.1, 0.15) is 6.61 Å². The molecule has 0 saturated heterocycles. The van der Waals surface area contributed by atoms with Gasteiger partial charge in [0.25, 0.3) is 0 Å². The van der Waals surface area contributed by atoms with Gasteiger partial charge in [-0.15, -0.1) is 0 Å². The molecule has 0 rings (SSSR count). The highest BCUT2D eigenvalue weighted by Crippen LogP contribution is 1.97. The largest absolute Gasteiger partial charge is 0.478 e. The number of carboxylic acid groups (broad SMARTS) is 1. The van der Waals surface area contributed by atoms with Gasteiger partial charge in [-0.1, -0.05) is 0 Å². The number of unbranched alkanes of at least 4 members (excludes halogenated alkanes) is 1. The van der Waals surface area contributed by atoms with Crippen molar-refractivity contribution in [1.82, 2.24) is 0 Å². The molecular weight excluding hydrogens is 228 g/mol. The Morgan fingerprint density at radius 3 is 2.47 bits per heavy atom. The third-order valence-corrected chi connectivity index (χ3v) is 1.79. The van der Waals surface area contributed by atoms with Crippen molar-refractivity contribution >= 4 is 17.7 Å². The Morgan fingerprint density at radius 2 is 1.88 bits per heavy atom. The number of esters is 1. The molecule has 0 heterocycles. The van der Waals surface area contributed by atoms with Crippen LogP contribution in [-0.4, -0.2) is 43.2 Å². The van der Waals surface area contributed by atoms with E-state index in [0.29, 0.717) is 25.5 Å². The summed E-state index contributed by atoms with van der Waals surface area (Å²) < 4.78 is 9.36. The highest BCUT2D eigenvalue weighted by atomic mass is 16.5. The number of rotatable bonds is 9. The molecular formula is C11H16O6. The maximum absolute atomic E-state index is 11.2. The quantitative estimate of drug-likeness (QED) is 0.362. The number of Topliss-reactive ketones (excluding diaryl/α,β-unsaturated/α-hetero) is 1. The average molecular weight is 244 g/mol. The summed E-state index contributed by atoms with van der Waals surface area (Å²) in [6, 6.07) is 0. The molecule has 6 nitrogen and oxygen atoms in total. The molecule has 96 valence electrons. The summed E-state index contributed by atoms with van der Waals surface area (Å²) in [7, 11) is 1.58. The maximum atomic E-state index is 11.2. The van der Waals surface area contributed by atoms with Gasteiger partial charge in [0.2, 0.25) is 0 Å². The molecule has 0 radical (unpaired) electrons. The summed E-state index contributed by atoms with van der Waals surface area (Å²) in [6.07, 6.45) is 3.19. The lowest BCUT2D eigenvalue weighted by Crippen LogP contribution is -2.12. The first-order chi connectivity index (χ1) is 8.06. The molecule has 0 atom stereocenters. The number of carboxylic acids is 1. The Labute approximate surface area is 99.2 Å². The molecule has 0 aliphatic heterocycles. The Morgan fingerprint density at radius 1 is 1.18 bits per heavy atom. The molecule has 0 unspecified atom stereocenters. The second kappa shape index (κ2) is 9.53. The van der Waals surface area contributed by atoms with Crippen LogP contribution >= 0.6 is 0 Å². The van der Waals surface area contributed by atoms with Crippen LogP contribution in [0.4, 0.5) is 0 Å². The minimum absolute atomic E-state index is 0.196. The van der Waals surface area contributed by atoms with Crippen LogP contribution in [0.5, 0.6) is 0 Å². The molecule has 0 spiro atoms. The summed E-state index contributed by atoms with van der Waals surface area (Å²) in [6.45, 7) is 0.268. The molecule has 0 aliphatic carbocycles. The highest BCUT2D eigenvalue weighted by molar-refractivity contribution is 5.92. The Bertz CT molecular complexity index is 294. The normalized spacial score (nSPS) is 10.4. The topological polar surface area (TPSA) is 89.9 Å². The molecule has 0 aromatic heterocycles. The minimum Gasteiger partial charge on any atom is -0.478 e. The van der Waals surface area contributed by atoms with E-state index in [2.05, 4.69) is 4.74 Å². The van der Waals surface area contributed by atoms with Crippen molar-refractivity contribution in [2.45, 2.75) is 19.3 Å².